The number of carboxylic acids is 1. The number of aromatic nitrogens is 3. The van der Waals surface area contributed by atoms with Crippen LogP contribution < -0.4 is 0 Å². The maximum atomic E-state index is 10.7. The molecule has 0 saturated carbocycles. The Hall–Kier alpha value is -1.91. The predicted molar refractivity (Wildman–Crippen MR) is 49.4 cm³/mol. The molecule has 0 fully saturated rings. The van der Waals surface area contributed by atoms with E-state index in [1.165, 1.54) is 12.4 Å². The molecule has 0 spiro atoms. The Balaban J connectivity index is 2.76. The summed E-state index contributed by atoms with van der Waals surface area (Å²) in [5.41, 5.74) is 1.94. The van der Waals surface area contributed by atoms with Crippen LogP contribution in [0.4, 0.5) is 0 Å². The lowest BCUT2D eigenvalue weighted by atomic mass is 10.3. The van der Waals surface area contributed by atoms with Crippen molar-refractivity contribution in [1.29, 1.82) is 0 Å². The number of nitrogens with zero attached hydrogens (tertiary/aromatic N) is 3. The van der Waals surface area contributed by atoms with Crippen LogP contribution in [0.1, 0.15) is 21.7 Å². The Labute approximate surface area is 80.0 Å². The van der Waals surface area contributed by atoms with E-state index >= 15 is 0 Å². The van der Waals surface area contributed by atoms with Gasteiger partial charge >= 0.3 is 5.97 Å². The molecule has 0 bridgehead atoms. The van der Waals surface area contributed by atoms with Crippen molar-refractivity contribution in [3.8, 4) is 0 Å². The second kappa shape index (κ2) is 2.80. The topological polar surface area (TPSA) is 67.5 Å². The van der Waals surface area contributed by atoms with Gasteiger partial charge in [0.2, 0.25) is 5.78 Å². The highest BCUT2D eigenvalue weighted by Gasteiger charge is 2.08. The zero-order valence-electron chi connectivity index (χ0n) is 7.85. The molecule has 2 heterocycles. The summed E-state index contributed by atoms with van der Waals surface area (Å²) < 4.78 is 1.68. The molecule has 2 aromatic rings. The molecular weight excluding hydrogens is 182 g/mol. The monoisotopic (exact) mass is 191 g/mol. The Bertz CT molecular complexity index is 516. The van der Waals surface area contributed by atoms with E-state index in [9.17, 15) is 4.79 Å². The van der Waals surface area contributed by atoms with Crippen molar-refractivity contribution in [2.75, 3.05) is 0 Å². The zero-order valence-corrected chi connectivity index (χ0v) is 7.85. The number of fused-ring (bicyclic) bond motifs is 1. The predicted octanol–water partition coefficient (Wildman–Crippen LogP) is 1.04. The first-order valence-electron chi connectivity index (χ1n) is 4.14. The van der Waals surface area contributed by atoms with Crippen molar-refractivity contribution >= 4 is 11.7 Å². The molecule has 0 unspecified atom stereocenters. The van der Waals surface area contributed by atoms with Gasteiger partial charge in [-0.3, -0.25) is 4.40 Å². The van der Waals surface area contributed by atoms with Crippen LogP contribution >= 0.6 is 0 Å². The van der Waals surface area contributed by atoms with E-state index in [-0.39, 0.29) is 5.56 Å². The lowest BCUT2D eigenvalue weighted by Gasteiger charge is -1.97. The molecule has 72 valence electrons. The smallest absolute Gasteiger partial charge is 0.338 e. The van der Waals surface area contributed by atoms with Crippen LogP contribution in [0, 0.1) is 13.8 Å². The van der Waals surface area contributed by atoms with Gasteiger partial charge in [0, 0.05) is 18.1 Å². The van der Waals surface area contributed by atoms with E-state index in [0.29, 0.717) is 5.78 Å². The summed E-state index contributed by atoms with van der Waals surface area (Å²) in [4.78, 5) is 18.8. The lowest BCUT2D eigenvalue weighted by Crippen LogP contribution is -2.01. The minimum absolute atomic E-state index is 0.165. The Morgan fingerprint density at radius 1 is 1.50 bits per heavy atom. The fourth-order valence-electron chi connectivity index (χ4n) is 1.26. The van der Waals surface area contributed by atoms with Crippen LogP contribution in [0.25, 0.3) is 5.78 Å². The Kier molecular flexibility index (Phi) is 1.73. The number of carbonyl (C=O) groups is 1. The molecule has 0 atom stereocenters. The first-order chi connectivity index (χ1) is 6.59. The molecule has 5 heteroatoms. The van der Waals surface area contributed by atoms with Gasteiger partial charge in [-0.25, -0.2) is 14.8 Å². The molecule has 5 nitrogen and oxygen atoms in total. The first kappa shape index (κ1) is 8.68. The Morgan fingerprint density at radius 2 is 2.21 bits per heavy atom. The van der Waals surface area contributed by atoms with Crippen LogP contribution in [0.5, 0.6) is 0 Å². The van der Waals surface area contributed by atoms with Crippen molar-refractivity contribution in [1.82, 2.24) is 14.4 Å². The van der Waals surface area contributed by atoms with Gasteiger partial charge in [0.15, 0.2) is 0 Å². The average molecular weight is 191 g/mol. The summed E-state index contributed by atoms with van der Waals surface area (Å²) in [5, 5.41) is 8.77. The van der Waals surface area contributed by atoms with E-state index in [1.807, 2.05) is 13.8 Å². The van der Waals surface area contributed by atoms with E-state index in [4.69, 9.17) is 5.11 Å². The maximum Gasteiger partial charge on any atom is 0.338 e. The quantitative estimate of drug-likeness (QED) is 0.731. The zero-order chi connectivity index (χ0) is 10.3. The van der Waals surface area contributed by atoms with Gasteiger partial charge in [0.05, 0.1) is 11.3 Å². The van der Waals surface area contributed by atoms with Gasteiger partial charge in [0.25, 0.3) is 0 Å². The third-order valence-corrected chi connectivity index (χ3v) is 2.20. The summed E-state index contributed by atoms with van der Waals surface area (Å²) >= 11 is 0. The number of hydrogen-bond donors (Lipinski definition) is 1. The van der Waals surface area contributed by atoms with Gasteiger partial charge in [-0.1, -0.05) is 0 Å². The summed E-state index contributed by atoms with van der Waals surface area (Å²) in [7, 11) is 0. The molecule has 0 radical (unpaired) electrons. The first-order valence-corrected chi connectivity index (χ1v) is 4.14. The highest BCUT2D eigenvalue weighted by Crippen LogP contribution is 2.09. The molecule has 1 N–H and O–H groups in total. The fraction of sp³-hybridized carbons (Fsp3) is 0.222. The second-order valence-corrected chi connectivity index (χ2v) is 3.10. The SMILES string of the molecule is Cc1nc2ncc(C(=O)O)cn2c1C. The number of aromatic carboxylic acids is 1. The van der Waals surface area contributed by atoms with Gasteiger partial charge in [0.1, 0.15) is 0 Å². The van der Waals surface area contributed by atoms with Crippen molar-refractivity contribution in [3.05, 3.63) is 29.3 Å². The molecule has 0 amide bonds. The van der Waals surface area contributed by atoms with Crippen molar-refractivity contribution in [2.45, 2.75) is 13.8 Å². The van der Waals surface area contributed by atoms with Crippen LogP contribution in [-0.4, -0.2) is 25.4 Å². The summed E-state index contributed by atoms with van der Waals surface area (Å²) in [5.74, 6) is -0.449. The number of carboxylic acid groups (broad SMARTS) is 1. The number of imidazole rings is 1. The van der Waals surface area contributed by atoms with Gasteiger partial charge in [-0.2, -0.15) is 0 Å². The highest BCUT2D eigenvalue weighted by molar-refractivity contribution is 5.87. The molecule has 0 aromatic carbocycles. The Morgan fingerprint density at radius 3 is 2.86 bits per heavy atom. The van der Waals surface area contributed by atoms with E-state index < -0.39 is 5.97 Å². The summed E-state index contributed by atoms with van der Waals surface area (Å²) in [6.45, 7) is 3.74. The van der Waals surface area contributed by atoms with E-state index in [1.54, 1.807) is 4.40 Å². The molecule has 0 aliphatic rings. The fourth-order valence-corrected chi connectivity index (χ4v) is 1.26. The number of rotatable bonds is 1. The average Bonchev–Trinajstić information content (AvgIpc) is 2.43. The third kappa shape index (κ3) is 1.14. The molecule has 2 rings (SSSR count). The normalized spacial score (nSPS) is 10.7. The largest absolute Gasteiger partial charge is 0.478 e. The minimum atomic E-state index is -0.981. The number of hydrogen-bond acceptors (Lipinski definition) is 3. The highest BCUT2D eigenvalue weighted by atomic mass is 16.4. The molecule has 0 aliphatic carbocycles. The summed E-state index contributed by atoms with van der Waals surface area (Å²) in [6, 6.07) is 0. The van der Waals surface area contributed by atoms with Crippen LogP contribution in [0.3, 0.4) is 0 Å². The molecule has 2 aromatic heterocycles. The lowest BCUT2D eigenvalue weighted by molar-refractivity contribution is 0.0696. The summed E-state index contributed by atoms with van der Waals surface area (Å²) in [6.07, 6.45) is 2.84. The van der Waals surface area contributed by atoms with Crippen LogP contribution in [-0.2, 0) is 0 Å². The molecule has 0 saturated heterocycles. The van der Waals surface area contributed by atoms with Crippen LogP contribution in [0.15, 0.2) is 12.4 Å². The standard InChI is InChI=1S/C9H9N3O2/c1-5-6(2)12-4-7(8(13)14)3-10-9(12)11-5/h3-4H,1-2H3,(H,13,14). The van der Waals surface area contributed by atoms with Crippen LogP contribution in [0.2, 0.25) is 0 Å². The van der Waals surface area contributed by atoms with Crippen molar-refractivity contribution < 1.29 is 9.90 Å². The van der Waals surface area contributed by atoms with E-state index in [0.717, 1.165) is 11.4 Å². The number of aryl methyl sites for hydroxylation is 2. The maximum absolute atomic E-state index is 10.7. The minimum Gasteiger partial charge on any atom is -0.478 e. The van der Waals surface area contributed by atoms with Gasteiger partial charge < -0.3 is 5.11 Å². The van der Waals surface area contributed by atoms with Crippen molar-refractivity contribution in [2.24, 2.45) is 0 Å². The van der Waals surface area contributed by atoms with E-state index in [2.05, 4.69) is 9.97 Å². The van der Waals surface area contributed by atoms with Gasteiger partial charge in [-0.15, -0.1) is 0 Å². The molecule has 14 heavy (non-hydrogen) atoms. The molecular formula is C9H9N3O2. The van der Waals surface area contributed by atoms with Crippen molar-refractivity contribution in [3.63, 3.8) is 0 Å². The van der Waals surface area contributed by atoms with Gasteiger partial charge in [-0.05, 0) is 13.8 Å². The third-order valence-electron chi connectivity index (χ3n) is 2.20. The second-order valence-electron chi connectivity index (χ2n) is 3.10. The molecule has 0 aliphatic heterocycles.